The number of amides is 1. The van der Waals surface area contributed by atoms with Crippen LogP contribution in [0.5, 0.6) is 11.5 Å². The molecular weight excluding hydrogens is 418 g/mol. The minimum Gasteiger partial charge on any atom is -0.493 e. The standard InChI is InChI=1S/C23H18BrNO3/c1-3-10-28-21-13-18(24)16(11-20(21)27-2)17-12-22(26)25-19-9-8-14-6-4-5-7-15(14)23(17)19/h1,4-9,11,13,17H,10,12H2,2H3,(H,25,26). The van der Waals surface area contributed by atoms with Crippen molar-refractivity contribution in [2.45, 2.75) is 12.3 Å². The number of carbonyl (C=O) groups excluding carboxylic acids is 1. The smallest absolute Gasteiger partial charge is 0.225 e. The number of halogens is 1. The molecule has 3 aromatic rings. The zero-order chi connectivity index (χ0) is 19.7. The van der Waals surface area contributed by atoms with Gasteiger partial charge in [-0.15, -0.1) is 6.42 Å². The zero-order valence-electron chi connectivity index (χ0n) is 15.3. The van der Waals surface area contributed by atoms with Gasteiger partial charge in [0.25, 0.3) is 0 Å². The van der Waals surface area contributed by atoms with E-state index in [1.165, 1.54) is 0 Å². The third-order valence-electron chi connectivity index (χ3n) is 4.95. The van der Waals surface area contributed by atoms with Gasteiger partial charge in [0.05, 0.1) is 7.11 Å². The Morgan fingerprint density at radius 3 is 2.82 bits per heavy atom. The Hall–Kier alpha value is -2.97. The molecular formula is C23H18BrNO3. The normalized spacial score (nSPS) is 15.5. The van der Waals surface area contributed by atoms with Crippen molar-refractivity contribution in [3.63, 3.8) is 0 Å². The number of hydrogen-bond acceptors (Lipinski definition) is 3. The van der Waals surface area contributed by atoms with Crippen molar-refractivity contribution >= 4 is 38.3 Å². The molecule has 1 unspecified atom stereocenters. The topological polar surface area (TPSA) is 47.6 Å². The van der Waals surface area contributed by atoms with Crippen molar-refractivity contribution in [2.24, 2.45) is 0 Å². The molecule has 1 amide bonds. The Kier molecular flexibility index (Phi) is 4.97. The number of methoxy groups -OCH3 is 1. The molecule has 0 aliphatic carbocycles. The van der Waals surface area contributed by atoms with Gasteiger partial charge >= 0.3 is 0 Å². The summed E-state index contributed by atoms with van der Waals surface area (Å²) in [5.41, 5.74) is 2.92. The van der Waals surface area contributed by atoms with Crippen molar-refractivity contribution in [1.82, 2.24) is 0 Å². The van der Waals surface area contributed by atoms with Crippen LogP contribution < -0.4 is 14.8 Å². The fraction of sp³-hybridized carbons (Fsp3) is 0.174. The van der Waals surface area contributed by atoms with E-state index in [1.807, 2.05) is 36.4 Å². The van der Waals surface area contributed by atoms with Crippen molar-refractivity contribution in [2.75, 3.05) is 19.0 Å². The molecule has 0 radical (unpaired) electrons. The summed E-state index contributed by atoms with van der Waals surface area (Å²) in [6.45, 7) is 0.154. The fourth-order valence-corrected chi connectivity index (χ4v) is 4.34. The van der Waals surface area contributed by atoms with Crippen LogP contribution in [0.4, 0.5) is 5.69 Å². The van der Waals surface area contributed by atoms with E-state index in [9.17, 15) is 4.79 Å². The molecule has 1 aliphatic heterocycles. The highest BCUT2D eigenvalue weighted by Gasteiger charge is 2.30. The lowest BCUT2D eigenvalue weighted by Gasteiger charge is -2.29. The van der Waals surface area contributed by atoms with Gasteiger partial charge in [-0.25, -0.2) is 0 Å². The lowest BCUT2D eigenvalue weighted by Crippen LogP contribution is -2.24. The average Bonchev–Trinajstić information content (AvgIpc) is 2.71. The van der Waals surface area contributed by atoms with E-state index in [4.69, 9.17) is 15.9 Å². The Morgan fingerprint density at radius 1 is 1.21 bits per heavy atom. The van der Waals surface area contributed by atoms with Crippen molar-refractivity contribution in [1.29, 1.82) is 0 Å². The average molecular weight is 436 g/mol. The van der Waals surface area contributed by atoms with Gasteiger partial charge in [0.15, 0.2) is 11.5 Å². The predicted octanol–water partition coefficient (Wildman–Crippen LogP) is 5.10. The number of terminal acetylenes is 1. The monoisotopic (exact) mass is 435 g/mol. The molecule has 4 nitrogen and oxygen atoms in total. The summed E-state index contributed by atoms with van der Waals surface area (Å²) in [6, 6.07) is 16.0. The molecule has 1 heterocycles. The van der Waals surface area contributed by atoms with Crippen LogP contribution in [0.15, 0.2) is 53.0 Å². The van der Waals surface area contributed by atoms with Crippen LogP contribution in [-0.2, 0) is 4.79 Å². The number of nitrogens with one attached hydrogen (secondary N) is 1. The van der Waals surface area contributed by atoms with Crippen LogP contribution >= 0.6 is 15.9 Å². The van der Waals surface area contributed by atoms with Crippen LogP contribution in [0.2, 0.25) is 0 Å². The van der Waals surface area contributed by atoms with Crippen molar-refractivity contribution < 1.29 is 14.3 Å². The van der Waals surface area contributed by atoms with Crippen LogP contribution in [0.3, 0.4) is 0 Å². The van der Waals surface area contributed by atoms with E-state index in [1.54, 1.807) is 7.11 Å². The molecule has 4 rings (SSSR count). The van der Waals surface area contributed by atoms with Crippen LogP contribution in [0.1, 0.15) is 23.5 Å². The molecule has 1 atom stereocenters. The van der Waals surface area contributed by atoms with Gasteiger partial charge in [-0.1, -0.05) is 52.2 Å². The van der Waals surface area contributed by atoms with Crippen LogP contribution in [0, 0.1) is 12.3 Å². The minimum atomic E-state index is -0.111. The first-order valence-electron chi connectivity index (χ1n) is 8.87. The van der Waals surface area contributed by atoms with E-state index in [0.717, 1.165) is 32.1 Å². The molecule has 140 valence electrons. The van der Waals surface area contributed by atoms with Crippen molar-refractivity contribution in [3.8, 4) is 23.8 Å². The summed E-state index contributed by atoms with van der Waals surface area (Å²) in [7, 11) is 1.59. The molecule has 1 aliphatic rings. The number of fused-ring (bicyclic) bond motifs is 3. The van der Waals surface area contributed by atoms with Gasteiger partial charge in [0.1, 0.15) is 6.61 Å². The summed E-state index contributed by atoms with van der Waals surface area (Å²) in [5.74, 6) is 3.49. The quantitative estimate of drug-likeness (QED) is 0.580. The largest absolute Gasteiger partial charge is 0.493 e. The molecule has 0 saturated carbocycles. The highest BCUT2D eigenvalue weighted by Crippen LogP contribution is 2.46. The second kappa shape index (κ2) is 7.57. The van der Waals surface area contributed by atoms with Gasteiger partial charge < -0.3 is 14.8 Å². The molecule has 1 N–H and O–H groups in total. The number of rotatable bonds is 4. The fourth-order valence-electron chi connectivity index (χ4n) is 3.74. The van der Waals surface area contributed by atoms with Gasteiger partial charge in [-0.05, 0) is 40.1 Å². The summed E-state index contributed by atoms with van der Waals surface area (Å²) >= 11 is 3.65. The highest BCUT2D eigenvalue weighted by atomic mass is 79.9. The molecule has 5 heteroatoms. The van der Waals surface area contributed by atoms with E-state index < -0.39 is 0 Å². The molecule has 0 fully saturated rings. The molecule has 0 spiro atoms. The number of benzene rings is 3. The van der Waals surface area contributed by atoms with Gasteiger partial charge in [0, 0.05) is 22.5 Å². The van der Waals surface area contributed by atoms with Gasteiger partial charge in [-0.3, -0.25) is 4.79 Å². The minimum absolute atomic E-state index is 0.00805. The lowest BCUT2D eigenvalue weighted by molar-refractivity contribution is -0.116. The van der Waals surface area contributed by atoms with Crippen LogP contribution in [0.25, 0.3) is 10.8 Å². The molecule has 3 aromatic carbocycles. The predicted molar refractivity (Wildman–Crippen MR) is 114 cm³/mol. The first kappa shape index (κ1) is 18.4. The number of anilines is 1. The third-order valence-corrected chi connectivity index (χ3v) is 5.64. The third kappa shape index (κ3) is 3.21. The van der Waals surface area contributed by atoms with E-state index in [0.29, 0.717) is 17.9 Å². The van der Waals surface area contributed by atoms with E-state index in [-0.39, 0.29) is 18.4 Å². The summed E-state index contributed by atoms with van der Waals surface area (Å²) in [4.78, 5) is 12.4. The number of hydrogen-bond donors (Lipinski definition) is 1. The SMILES string of the molecule is C#CCOc1cc(Br)c(C2CC(=O)Nc3ccc4ccccc4c32)cc1OC. The molecule has 28 heavy (non-hydrogen) atoms. The second-order valence-corrected chi connectivity index (χ2v) is 7.42. The maximum Gasteiger partial charge on any atom is 0.225 e. The Balaban J connectivity index is 1.90. The van der Waals surface area contributed by atoms with Gasteiger partial charge in [0.2, 0.25) is 5.91 Å². The number of carbonyl (C=O) groups is 1. The lowest BCUT2D eigenvalue weighted by atomic mass is 9.82. The summed E-state index contributed by atoms with van der Waals surface area (Å²) < 4.78 is 12.0. The van der Waals surface area contributed by atoms with Crippen LogP contribution in [-0.4, -0.2) is 19.6 Å². The van der Waals surface area contributed by atoms with E-state index in [2.05, 4.69) is 39.3 Å². The Morgan fingerprint density at radius 2 is 2.04 bits per heavy atom. The summed E-state index contributed by atoms with van der Waals surface area (Å²) in [6.07, 6.45) is 5.66. The maximum atomic E-state index is 12.4. The van der Waals surface area contributed by atoms with E-state index >= 15 is 0 Å². The zero-order valence-corrected chi connectivity index (χ0v) is 16.9. The number of ether oxygens (including phenoxy) is 2. The molecule has 0 saturated heterocycles. The molecule has 0 bridgehead atoms. The maximum absolute atomic E-state index is 12.4. The van der Waals surface area contributed by atoms with Gasteiger partial charge in [-0.2, -0.15) is 0 Å². The Labute approximate surface area is 172 Å². The first-order valence-corrected chi connectivity index (χ1v) is 9.67. The summed E-state index contributed by atoms with van der Waals surface area (Å²) in [5, 5.41) is 5.27. The highest BCUT2D eigenvalue weighted by molar-refractivity contribution is 9.10. The molecule has 0 aromatic heterocycles. The second-order valence-electron chi connectivity index (χ2n) is 6.57. The first-order chi connectivity index (χ1) is 13.6. The Bertz CT molecular complexity index is 1120. The van der Waals surface area contributed by atoms with Crippen molar-refractivity contribution in [3.05, 3.63) is 64.1 Å².